The fraction of sp³-hybridized carbons (Fsp3) is 0.250. The molecule has 0 saturated carbocycles. The number of ether oxygens (including phenoxy) is 1. The fourth-order valence-electron chi connectivity index (χ4n) is 1.12. The zero-order valence-corrected chi connectivity index (χ0v) is 12.5. The van der Waals surface area contributed by atoms with Crippen LogP contribution in [0.4, 0.5) is 12.9 Å². The first-order valence-electron chi connectivity index (χ1n) is 3.90. The van der Waals surface area contributed by atoms with Gasteiger partial charge in [0.1, 0.15) is 0 Å². The number of methoxy groups -OCH3 is 1. The molecule has 0 saturated heterocycles. The number of hydrogen-bond acceptors (Lipinski definition) is 1. The Balaban J connectivity index is 0.00000196. The van der Waals surface area contributed by atoms with E-state index in [1.807, 2.05) is 0 Å². The molecule has 1 aromatic rings. The van der Waals surface area contributed by atoms with Gasteiger partial charge < -0.3 is 17.7 Å². The van der Waals surface area contributed by atoms with Crippen LogP contribution in [0.3, 0.4) is 0 Å². The van der Waals surface area contributed by atoms with Crippen LogP contribution >= 0.6 is 11.6 Å². The molecule has 0 aliphatic heterocycles. The Labute approximate surface area is 134 Å². The van der Waals surface area contributed by atoms with Gasteiger partial charge in [-0.1, -0.05) is 23.1 Å². The van der Waals surface area contributed by atoms with E-state index >= 15 is 0 Å². The summed E-state index contributed by atoms with van der Waals surface area (Å²) in [6.07, 6.45) is 0. The summed E-state index contributed by atoms with van der Waals surface area (Å²) < 4.78 is 42.1. The third-order valence-corrected chi connectivity index (χ3v) is 2.27. The Hall–Kier alpha value is 0.801. The largest absolute Gasteiger partial charge is 1.00 e. The van der Waals surface area contributed by atoms with Crippen molar-refractivity contribution < 1.29 is 69.1 Å². The molecule has 0 unspecified atom stereocenters. The van der Waals surface area contributed by atoms with Crippen molar-refractivity contribution in [3.63, 3.8) is 0 Å². The summed E-state index contributed by atoms with van der Waals surface area (Å²) in [5, 5.41) is 0.269. The van der Waals surface area contributed by atoms with Crippen molar-refractivity contribution in [2.24, 2.45) is 0 Å². The fourth-order valence-corrected chi connectivity index (χ4v) is 1.27. The van der Waals surface area contributed by atoms with Gasteiger partial charge in [-0.3, -0.25) is 0 Å². The van der Waals surface area contributed by atoms with E-state index in [-0.39, 0.29) is 62.2 Å². The van der Waals surface area contributed by atoms with Crippen LogP contribution in [-0.2, 0) is 0 Å². The third-order valence-electron chi connectivity index (χ3n) is 1.86. The predicted octanol–water partition coefficient (Wildman–Crippen LogP) is -0.285. The molecular weight excluding hydrogens is 254 g/mol. The molecule has 0 aromatic heterocycles. The van der Waals surface area contributed by atoms with Crippen molar-refractivity contribution in [2.45, 2.75) is 6.92 Å². The van der Waals surface area contributed by atoms with Crippen molar-refractivity contribution in [3.8, 4) is 5.75 Å². The van der Waals surface area contributed by atoms with E-state index in [9.17, 15) is 12.9 Å². The van der Waals surface area contributed by atoms with Gasteiger partial charge in [0, 0.05) is 5.02 Å². The maximum absolute atomic E-state index is 12.5. The number of benzene rings is 1. The summed E-state index contributed by atoms with van der Waals surface area (Å²) in [5.41, 5.74) is -0.351. The zero-order chi connectivity index (χ0) is 10.9. The zero-order valence-electron chi connectivity index (χ0n) is 8.65. The Morgan fingerprint density at radius 1 is 1.27 bits per heavy atom. The number of rotatable bonds is 2. The van der Waals surface area contributed by atoms with Gasteiger partial charge in [-0.25, -0.2) is 0 Å². The van der Waals surface area contributed by atoms with Crippen LogP contribution in [0, 0.1) is 6.92 Å². The number of hydrogen-bond donors (Lipinski definition) is 0. The summed E-state index contributed by atoms with van der Waals surface area (Å²) in [4.78, 5) is 0. The first kappa shape index (κ1) is 15.8. The molecule has 0 bridgehead atoms. The summed E-state index contributed by atoms with van der Waals surface area (Å²) in [6, 6.07) is 2.18. The molecule has 0 spiro atoms. The quantitative estimate of drug-likeness (QED) is 0.666. The predicted molar refractivity (Wildman–Crippen MR) is 51.5 cm³/mol. The van der Waals surface area contributed by atoms with E-state index in [4.69, 9.17) is 11.6 Å². The molecule has 1 aromatic carbocycles. The Kier molecular flexibility index (Phi) is 6.25. The SMILES string of the molecule is COc1cc(Cl)c(C)cc1[B-](F)(F)F.[K+]. The van der Waals surface area contributed by atoms with E-state index in [0.29, 0.717) is 5.56 Å². The van der Waals surface area contributed by atoms with Gasteiger partial charge in [0.15, 0.2) is 0 Å². The molecule has 0 amide bonds. The maximum Gasteiger partial charge on any atom is 1.00 e. The smallest absolute Gasteiger partial charge is 0.500 e. The molecule has 7 heteroatoms. The molecule has 0 N–H and O–H groups in total. The van der Waals surface area contributed by atoms with E-state index in [0.717, 1.165) is 6.07 Å². The third kappa shape index (κ3) is 3.94. The van der Waals surface area contributed by atoms with Crippen molar-refractivity contribution >= 4 is 24.0 Å². The second-order valence-corrected chi connectivity index (χ2v) is 3.33. The van der Waals surface area contributed by atoms with Gasteiger partial charge in [-0.15, -0.1) is 0 Å². The summed E-state index contributed by atoms with van der Waals surface area (Å²) in [7, 11) is 1.19. The molecule has 0 atom stereocenters. The molecule has 0 fully saturated rings. The second-order valence-electron chi connectivity index (χ2n) is 2.92. The average Bonchev–Trinajstić information content (AvgIpc) is 2.07. The van der Waals surface area contributed by atoms with Crippen molar-refractivity contribution in [1.29, 1.82) is 0 Å². The molecule has 0 radical (unpaired) electrons. The topological polar surface area (TPSA) is 9.23 Å². The van der Waals surface area contributed by atoms with E-state index < -0.39 is 12.4 Å². The Morgan fingerprint density at radius 2 is 1.80 bits per heavy atom. The van der Waals surface area contributed by atoms with Crippen LogP contribution < -0.4 is 61.6 Å². The monoisotopic (exact) mass is 262 g/mol. The van der Waals surface area contributed by atoms with Crippen LogP contribution in [0.15, 0.2) is 12.1 Å². The van der Waals surface area contributed by atoms with Gasteiger partial charge in [0.25, 0.3) is 0 Å². The Bertz CT molecular complexity index is 356. The molecule has 0 aliphatic rings. The average molecular weight is 263 g/mol. The Morgan fingerprint density at radius 3 is 2.20 bits per heavy atom. The first-order valence-corrected chi connectivity index (χ1v) is 4.28. The van der Waals surface area contributed by atoms with E-state index in [1.54, 1.807) is 0 Å². The van der Waals surface area contributed by atoms with Crippen LogP contribution in [0.5, 0.6) is 5.75 Å². The summed E-state index contributed by atoms with van der Waals surface area (Å²) in [6.45, 7) is -3.53. The molecule has 0 heterocycles. The molecule has 1 rings (SSSR count). The second kappa shape index (κ2) is 5.93. The minimum Gasteiger partial charge on any atom is -0.500 e. The van der Waals surface area contributed by atoms with Gasteiger partial charge in [-0.2, -0.15) is 0 Å². The van der Waals surface area contributed by atoms with Gasteiger partial charge in [-0.05, 0) is 18.6 Å². The van der Waals surface area contributed by atoms with Gasteiger partial charge >= 0.3 is 58.4 Å². The van der Waals surface area contributed by atoms with Crippen LogP contribution in [0.1, 0.15) is 5.56 Å². The number of aryl methyl sites for hydroxylation is 1. The normalized spacial score (nSPS) is 10.8. The van der Waals surface area contributed by atoms with E-state index in [2.05, 4.69) is 4.74 Å². The maximum atomic E-state index is 12.5. The van der Waals surface area contributed by atoms with Crippen LogP contribution in [-0.4, -0.2) is 14.1 Å². The van der Waals surface area contributed by atoms with Crippen LogP contribution in [0.2, 0.25) is 5.02 Å². The van der Waals surface area contributed by atoms with Crippen molar-refractivity contribution in [3.05, 3.63) is 22.7 Å². The van der Waals surface area contributed by atoms with Gasteiger partial charge in [0.05, 0.1) is 12.9 Å². The number of halogens is 4. The van der Waals surface area contributed by atoms with Crippen molar-refractivity contribution in [2.75, 3.05) is 7.11 Å². The standard InChI is InChI=1S/C8H8BClF3O.K/c1-5-3-6(9(11,12)13)8(14-2)4-7(5)10;/h3-4H,1-2H3;/q-1;+1. The summed E-state index contributed by atoms with van der Waals surface area (Å²) >= 11 is 5.67. The van der Waals surface area contributed by atoms with Gasteiger partial charge in [0.2, 0.25) is 0 Å². The van der Waals surface area contributed by atoms with Crippen molar-refractivity contribution in [1.82, 2.24) is 0 Å². The van der Waals surface area contributed by atoms with Crippen LogP contribution in [0.25, 0.3) is 0 Å². The van der Waals surface area contributed by atoms with E-state index in [1.165, 1.54) is 20.1 Å². The minimum absolute atomic E-state index is 0. The molecule has 15 heavy (non-hydrogen) atoms. The minimum atomic E-state index is -5.06. The molecular formula is C8H8BClF3KO. The summed E-state index contributed by atoms with van der Waals surface area (Å²) in [5.74, 6) is -0.229. The molecule has 78 valence electrons. The molecule has 1 nitrogen and oxygen atoms in total. The molecule has 0 aliphatic carbocycles. The first-order chi connectivity index (χ1) is 6.36.